The number of nitrogens with one attached hydrogen (secondary N) is 1. The molecule has 0 amide bonds. The molecule has 1 aliphatic carbocycles. The van der Waals surface area contributed by atoms with Crippen molar-refractivity contribution in [3.05, 3.63) is 0 Å². The largest absolute Gasteiger partial charge is 0.389 e. The minimum Gasteiger partial charge on any atom is -0.374 e. The molecule has 0 heterocycles. The maximum Gasteiger partial charge on any atom is 0.389 e. The van der Waals surface area contributed by atoms with Gasteiger partial charge in [0.25, 0.3) is 0 Å². The minimum atomic E-state index is -4.07. The number of hydrogen-bond donors (Lipinski definition) is 1. The second-order valence-electron chi connectivity index (χ2n) is 5.73. The summed E-state index contributed by atoms with van der Waals surface area (Å²) in [6.45, 7) is 6.04. The van der Waals surface area contributed by atoms with Crippen molar-refractivity contribution in [3.8, 4) is 0 Å². The monoisotopic (exact) mass is 281 g/mol. The lowest BCUT2D eigenvalue weighted by Gasteiger charge is -2.40. The van der Waals surface area contributed by atoms with E-state index in [1.54, 1.807) is 0 Å². The molecule has 0 aliphatic heterocycles. The van der Waals surface area contributed by atoms with Crippen LogP contribution in [-0.4, -0.2) is 31.5 Å². The van der Waals surface area contributed by atoms with Gasteiger partial charge < -0.3 is 10.1 Å². The van der Waals surface area contributed by atoms with Gasteiger partial charge in [-0.15, -0.1) is 0 Å². The molecule has 1 saturated carbocycles. The van der Waals surface area contributed by atoms with E-state index in [2.05, 4.69) is 12.2 Å². The second-order valence-corrected chi connectivity index (χ2v) is 5.73. The lowest BCUT2D eigenvalue weighted by Crippen LogP contribution is -2.46. The first kappa shape index (κ1) is 16.8. The van der Waals surface area contributed by atoms with Crippen molar-refractivity contribution < 1.29 is 17.9 Å². The third kappa shape index (κ3) is 6.61. The summed E-state index contributed by atoms with van der Waals surface area (Å²) in [5, 5.41) is 3.29. The van der Waals surface area contributed by atoms with Crippen molar-refractivity contribution in [3.63, 3.8) is 0 Å². The fourth-order valence-electron chi connectivity index (χ4n) is 2.87. The number of hydrogen-bond acceptors (Lipinski definition) is 2. The average Bonchev–Trinajstić information content (AvgIpc) is 2.31. The number of alkyl halides is 3. The lowest BCUT2D eigenvalue weighted by molar-refractivity contribution is -0.144. The average molecular weight is 281 g/mol. The summed E-state index contributed by atoms with van der Waals surface area (Å²) in [5.41, 5.74) is -0.251. The summed E-state index contributed by atoms with van der Waals surface area (Å²) in [6, 6.07) is 0. The highest BCUT2D eigenvalue weighted by Crippen LogP contribution is 2.35. The topological polar surface area (TPSA) is 21.3 Å². The Kier molecular flexibility index (Phi) is 6.60. The van der Waals surface area contributed by atoms with Gasteiger partial charge in [-0.3, -0.25) is 0 Å². The Hall–Kier alpha value is -0.290. The number of halogens is 3. The second kappa shape index (κ2) is 7.48. The summed E-state index contributed by atoms with van der Waals surface area (Å²) in [6.07, 6.45) is -0.558. The Balaban J connectivity index is 2.41. The molecule has 0 spiro atoms. The molecule has 114 valence electrons. The van der Waals surface area contributed by atoms with Crippen molar-refractivity contribution in [2.45, 2.75) is 64.1 Å². The highest BCUT2D eigenvalue weighted by atomic mass is 19.4. The van der Waals surface area contributed by atoms with Gasteiger partial charge in [0.05, 0.1) is 5.60 Å². The summed E-state index contributed by atoms with van der Waals surface area (Å²) in [7, 11) is 0. The fraction of sp³-hybridized carbons (Fsp3) is 1.00. The van der Waals surface area contributed by atoms with Crippen molar-refractivity contribution in [2.24, 2.45) is 5.92 Å². The Bertz CT molecular complexity index is 258. The van der Waals surface area contributed by atoms with Crippen LogP contribution in [0.1, 0.15) is 52.4 Å². The van der Waals surface area contributed by atoms with Gasteiger partial charge in [0.1, 0.15) is 0 Å². The van der Waals surface area contributed by atoms with E-state index in [0.717, 1.165) is 32.4 Å². The van der Waals surface area contributed by atoms with Gasteiger partial charge >= 0.3 is 6.18 Å². The zero-order valence-electron chi connectivity index (χ0n) is 12.0. The Morgan fingerprint density at radius 1 is 1.37 bits per heavy atom. The normalized spacial score (nSPS) is 28.6. The zero-order valence-corrected chi connectivity index (χ0v) is 12.0. The molecule has 2 nitrogen and oxygen atoms in total. The van der Waals surface area contributed by atoms with E-state index in [4.69, 9.17) is 4.74 Å². The van der Waals surface area contributed by atoms with Crippen LogP contribution in [-0.2, 0) is 4.74 Å². The first-order valence-corrected chi connectivity index (χ1v) is 7.28. The molecule has 0 saturated heterocycles. The molecule has 5 heteroatoms. The van der Waals surface area contributed by atoms with Crippen LogP contribution in [0.2, 0.25) is 0 Å². The highest BCUT2D eigenvalue weighted by molar-refractivity contribution is 4.89. The van der Waals surface area contributed by atoms with Gasteiger partial charge in [0.15, 0.2) is 0 Å². The Labute approximate surface area is 114 Å². The van der Waals surface area contributed by atoms with Crippen LogP contribution in [0, 0.1) is 5.92 Å². The van der Waals surface area contributed by atoms with Gasteiger partial charge in [0, 0.05) is 19.6 Å². The molecular weight excluding hydrogens is 255 g/mol. The molecule has 2 unspecified atom stereocenters. The van der Waals surface area contributed by atoms with Gasteiger partial charge in [0.2, 0.25) is 0 Å². The van der Waals surface area contributed by atoms with Gasteiger partial charge in [-0.2, -0.15) is 13.2 Å². The number of likely N-dealkylation sites (N-methyl/N-ethyl adjacent to an activating group) is 1. The molecule has 1 N–H and O–H groups in total. The van der Waals surface area contributed by atoms with E-state index < -0.39 is 12.6 Å². The minimum absolute atomic E-state index is 0.0613. The van der Waals surface area contributed by atoms with Crippen LogP contribution in [0.5, 0.6) is 0 Å². The molecule has 0 aromatic carbocycles. The van der Waals surface area contributed by atoms with E-state index in [-0.39, 0.29) is 18.6 Å². The van der Waals surface area contributed by atoms with Crippen LogP contribution in [0.15, 0.2) is 0 Å². The van der Waals surface area contributed by atoms with Crippen molar-refractivity contribution in [1.29, 1.82) is 0 Å². The standard InChI is InChI=1S/C14H26F3NO/c1-3-18-11-13(7-4-6-12(2)10-13)19-9-5-8-14(15,16)17/h12,18H,3-11H2,1-2H3. The third-order valence-electron chi connectivity index (χ3n) is 3.76. The summed E-state index contributed by atoms with van der Waals surface area (Å²) < 4.78 is 42.2. The predicted octanol–water partition coefficient (Wildman–Crippen LogP) is 3.90. The Morgan fingerprint density at radius 3 is 2.68 bits per heavy atom. The van der Waals surface area contributed by atoms with Crippen LogP contribution >= 0.6 is 0 Å². The maximum atomic E-state index is 12.1. The number of rotatable bonds is 7. The molecule has 0 radical (unpaired) electrons. The van der Waals surface area contributed by atoms with Crippen LogP contribution in [0.3, 0.4) is 0 Å². The van der Waals surface area contributed by atoms with E-state index in [0.29, 0.717) is 5.92 Å². The van der Waals surface area contributed by atoms with Gasteiger partial charge in [-0.25, -0.2) is 0 Å². The quantitative estimate of drug-likeness (QED) is 0.714. The molecule has 0 bridgehead atoms. The maximum absolute atomic E-state index is 12.1. The van der Waals surface area contributed by atoms with E-state index in [1.807, 2.05) is 6.92 Å². The van der Waals surface area contributed by atoms with Crippen LogP contribution < -0.4 is 5.32 Å². The summed E-state index contributed by atoms with van der Waals surface area (Å²) >= 11 is 0. The van der Waals surface area contributed by atoms with Crippen LogP contribution in [0.25, 0.3) is 0 Å². The van der Waals surface area contributed by atoms with E-state index in [9.17, 15) is 13.2 Å². The van der Waals surface area contributed by atoms with Gasteiger partial charge in [-0.05, 0) is 31.7 Å². The first-order chi connectivity index (χ1) is 8.87. The predicted molar refractivity (Wildman–Crippen MR) is 70.1 cm³/mol. The van der Waals surface area contributed by atoms with Crippen molar-refractivity contribution in [1.82, 2.24) is 5.32 Å². The van der Waals surface area contributed by atoms with Crippen molar-refractivity contribution in [2.75, 3.05) is 19.7 Å². The summed E-state index contributed by atoms with van der Waals surface area (Å²) in [5.74, 6) is 0.593. The van der Waals surface area contributed by atoms with E-state index in [1.165, 1.54) is 6.42 Å². The first-order valence-electron chi connectivity index (χ1n) is 7.28. The third-order valence-corrected chi connectivity index (χ3v) is 3.76. The Morgan fingerprint density at radius 2 is 2.11 bits per heavy atom. The smallest absolute Gasteiger partial charge is 0.374 e. The van der Waals surface area contributed by atoms with Gasteiger partial charge in [-0.1, -0.05) is 26.7 Å². The molecule has 1 aliphatic rings. The number of ether oxygens (including phenoxy) is 1. The van der Waals surface area contributed by atoms with Crippen LogP contribution in [0.4, 0.5) is 13.2 Å². The molecule has 1 rings (SSSR count). The molecule has 2 atom stereocenters. The van der Waals surface area contributed by atoms with E-state index >= 15 is 0 Å². The lowest BCUT2D eigenvalue weighted by atomic mass is 9.78. The molecule has 1 fully saturated rings. The molecule has 0 aromatic rings. The zero-order chi connectivity index (χ0) is 14.4. The molecular formula is C14H26F3NO. The molecule has 19 heavy (non-hydrogen) atoms. The highest BCUT2D eigenvalue weighted by Gasteiger charge is 2.35. The summed E-state index contributed by atoms with van der Waals surface area (Å²) in [4.78, 5) is 0. The van der Waals surface area contributed by atoms with Crippen molar-refractivity contribution >= 4 is 0 Å². The fourth-order valence-corrected chi connectivity index (χ4v) is 2.87. The molecule has 0 aromatic heterocycles. The SMILES string of the molecule is CCNCC1(OCCCC(F)(F)F)CCCC(C)C1.